The van der Waals surface area contributed by atoms with Crippen LogP contribution in [0.2, 0.25) is 5.02 Å². The van der Waals surface area contributed by atoms with E-state index in [0.717, 1.165) is 24.2 Å². The van der Waals surface area contributed by atoms with Gasteiger partial charge in [-0.2, -0.15) is 0 Å². The molecule has 0 spiro atoms. The van der Waals surface area contributed by atoms with Gasteiger partial charge in [0.1, 0.15) is 16.5 Å². The van der Waals surface area contributed by atoms with E-state index in [2.05, 4.69) is 5.32 Å². The van der Waals surface area contributed by atoms with E-state index in [1.807, 2.05) is 13.0 Å². The molecule has 0 aromatic heterocycles. The maximum atomic E-state index is 6.31. The van der Waals surface area contributed by atoms with E-state index in [9.17, 15) is 0 Å². The van der Waals surface area contributed by atoms with E-state index in [4.69, 9.17) is 25.8 Å². The summed E-state index contributed by atoms with van der Waals surface area (Å²) in [5, 5.41) is 3.80. The zero-order valence-electron chi connectivity index (χ0n) is 10.9. The molecule has 1 aromatic rings. The fourth-order valence-electron chi connectivity index (χ4n) is 2.23. The molecule has 0 radical (unpaired) electrons. The molecule has 1 fully saturated rings. The molecule has 0 saturated carbocycles. The van der Waals surface area contributed by atoms with Gasteiger partial charge in [0, 0.05) is 18.7 Å². The van der Waals surface area contributed by atoms with Crippen LogP contribution in [0.5, 0.6) is 11.5 Å². The molecule has 1 aliphatic rings. The first-order chi connectivity index (χ1) is 8.69. The SMILES string of the molecule is COc1c(C)cc(C2CNCCO2)c(OC)c1Cl. The van der Waals surface area contributed by atoms with Crippen LogP contribution in [0, 0.1) is 6.92 Å². The van der Waals surface area contributed by atoms with Crippen molar-refractivity contribution < 1.29 is 14.2 Å². The van der Waals surface area contributed by atoms with Crippen molar-refractivity contribution in [3.8, 4) is 11.5 Å². The first-order valence-corrected chi connectivity index (χ1v) is 6.30. The summed E-state index contributed by atoms with van der Waals surface area (Å²) >= 11 is 6.31. The quantitative estimate of drug-likeness (QED) is 0.916. The molecular formula is C13H18ClNO3. The van der Waals surface area contributed by atoms with Gasteiger partial charge in [0.2, 0.25) is 0 Å². The number of aryl methyl sites for hydroxylation is 1. The Morgan fingerprint density at radius 1 is 1.33 bits per heavy atom. The zero-order valence-corrected chi connectivity index (χ0v) is 11.6. The van der Waals surface area contributed by atoms with Gasteiger partial charge in [0.05, 0.1) is 26.9 Å². The maximum absolute atomic E-state index is 6.31. The van der Waals surface area contributed by atoms with Crippen molar-refractivity contribution in [2.45, 2.75) is 13.0 Å². The van der Waals surface area contributed by atoms with Crippen molar-refractivity contribution in [2.75, 3.05) is 33.9 Å². The van der Waals surface area contributed by atoms with E-state index in [-0.39, 0.29) is 6.10 Å². The predicted molar refractivity (Wildman–Crippen MR) is 70.9 cm³/mol. The van der Waals surface area contributed by atoms with Crippen LogP contribution in [-0.2, 0) is 4.74 Å². The van der Waals surface area contributed by atoms with Gasteiger partial charge >= 0.3 is 0 Å². The number of methoxy groups -OCH3 is 2. The van der Waals surface area contributed by atoms with E-state index in [1.54, 1.807) is 14.2 Å². The highest BCUT2D eigenvalue weighted by Gasteiger charge is 2.24. The summed E-state index contributed by atoms with van der Waals surface area (Å²) in [6.45, 7) is 4.29. The lowest BCUT2D eigenvalue weighted by atomic mass is 10.0. The van der Waals surface area contributed by atoms with Crippen LogP contribution < -0.4 is 14.8 Å². The van der Waals surface area contributed by atoms with E-state index < -0.39 is 0 Å². The van der Waals surface area contributed by atoms with Crippen molar-refractivity contribution in [1.82, 2.24) is 5.32 Å². The molecular weight excluding hydrogens is 254 g/mol. The van der Waals surface area contributed by atoms with Gasteiger partial charge in [-0.05, 0) is 18.6 Å². The van der Waals surface area contributed by atoms with Crippen LogP contribution >= 0.6 is 11.6 Å². The van der Waals surface area contributed by atoms with E-state index in [0.29, 0.717) is 23.1 Å². The third-order valence-electron chi connectivity index (χ3n) is 3.07. The monoisotopic (exact) mass is 271 g/mol. The number of ether oxygens (including phenoxy) is 3. The number of morpholine rings is 1. The Morgan fingerprint density at radius 3 is 2.61 bits per heavy atom. The van der Waals surface area contributed by atoms with Gasteiger partial charge in [-0.1, -0.05) is 11.6 Å². The van der Waals surface area contributed by atoms with Crippen molar-refractivity contribution in [3.05, 3.63) is 22.2 Å². The summed E-state index contributed by atoms with van der Waals surface area (Å²) in [5.74, 6) is 1.29. The summed E-state index contributed by atoms with van der Waals surface area (Å²) < 4.78 is 16.4. The molecule has 4 nitrogen and oxygen atoms in total. The zero-order chi connectivity index (χ0) is 13.1. The number of benzene rings is 1. The molecule has 0 bridgehead atoms. The second-order valence-electron chi connectivity index (χ2n) is 4.23. The average Bonchev–Trinajstić information content (AvgIpc) is 2.39. The van der Waals surface area contributed by atoms with Crippen LogP contribution in [-0.4, -0.2) is 33.9 Å². The third-order valence-corrected chi connectivity index (χ3v) is 3.42. The first kappa shape index (κ1) is 13.5. The van der Waals surface area contributed by atoms with Crippen LogP contribution in [0.25, 0.3) is 0 Å². The fraction of sp³-hybridized carbons (Fsp3) is 0.538. The van der Waals surface area contributed by atoms with Crippen molar-refractivity contribution in [3.63, 3.8) is 0 Å². The Balaban J connectivity index is 2.45. The summed E-state index contributed by atoms with van der Waals surface area (Å²) in [5.41, 5.74) is 1.94. The number of hydrogen-bond donors (Lipinski definition) is 1. The fourth-order valence-corrected chi connectivity index (χ4v) is 2.64. The standard InChI is InChI=1S/C13H18ClNO3/c1-8-6-9(10-7-15-4-5-18-10)13(17-3)11(14)12(8)16-2/h6,10,15H,4-5,7H2,1-3H3. The van der Waals surface area contributed by atoms with Gasteiger partial charge in [0.25, 0.3) is 0 Å². The largest absolute Gasteiger partial charge is 0.495 e. The third kappa shape index (κ3) is 2.41. The Labute approximate surface area is 112 Å². The van der Waals surface area contributed by atoms with Crippen molar-refractivity contribution in [1.29, 1.82) is 0 Å². The molecule has 0 aliphatic carbocycles. The number of rotatable bonds is 3. The normalized spacial score (nSPS) is 19.7. The minimum atomic E-state index is -0.0317. The van der Waals surface area contributed by atoms with Crippen molar-refractivity contribution in [2.24, 2.45) is 0 Å². The van der Waals surface area contributed by atoms with E-state index >= 15 is 0 Å². The van der Waals surface area contributed by atoms with Gasteiger partial charge in [-0.15, -0.1) is 0 Å². The molecule has 1 atom stereocenters. The smallest absolute Gasteiger partial charge is 0.147 e. The summed E-state index contributed by atoms with van der Waals surface area (Å²) in [6.07, 6.45) is -0.0317. The van der Waals surface area contributed by atoms with Gasteiger partial charge in [-0.25, -0.2) is 0 Å². The van der Waals surface area contributed by atoms with Gasteiger partial charge < -0.3 is 19.5 Å². The Hall–Kier alpha value is -0.970. The molecule has 1 aliphatic heterocycles. The Kier molecular flexibility index (Phi) is 4.32. The molecule has 1 aromatic carbocycles. The van der Waals surface area contributed by atoms with Crippen molar-refractivity contribution >= 4 is 11.6 Å². The first-order valence-electron chi connectivity index (χ1n) is 5.92. The highest BCUT2D eigenvalue weighted by atomic mass is 35.5. The maximum Gasteiger partial charge on any atom is 0.147 e. The van der Waals surface area contributed by atoms with E-state index in [1.165, 1.54) is 0 Å². The molecule has 0 amide bonds. The van der Waals surface area contributed by atoms with Crippen LogP contribution in [0.15, 0.2) is 6.07 Å². The van der Waals surface area contributed by atoms with Crippen LogP contribution in [0.3, 0.4) is 0 Å². The minimum absolute atomic E-state index is 0.0317. The predicted octanol–water partition coefficient (Wildman–Crippen LogP) is 2.33. The van der Waals surface area contributed by atoms with Gasteiger partial charge in [0.15, 0.2) is 0 Å². The minimum Gasteiger partial charge on any atom is -0.495 e. The Bertz CT molecular complexity index is 431. The van der Waals surface area contributed by atoms with Crippen LogP contribution in [0.1, 0.15) is 17.2 Å². The molecule has 100 valence electrons. The van der Waals surface area contributed by atoms with Crippen LogP contribution in [0.4, 0.5) is 0 Å². The molecule has 2 rings (SSSR count). The molecule has 5 heteroatoms. The summed E-state index contributed by atoms with van der Waals surface area (Å²) in [6, 6.07) is 2.02. The molecule has 1 N–H and O–H groups in total. The molecule has 1 saturated heterocycles. The van der Waals surface area contributed by atoms with Gasteiger partial charge in [-0.3, -0.25) is 0 Å². The lowest BCUT2D eigenvalue weighted by molar-refractivity contribution is 0.0262. The number of hydrogen-bond acceptors (Lipinski definition) is 4. The highest BCUT2D eigenvalue weighted by Crippen LogP contribution is 2.42. The molecule has 1 heterocycles. The molecule has 18 heavy (non-hydrogen) atoms. The lowest BCUT2D eigenvalue weighted by Gasteiger charge is -2.26. The second kappa shape index (κ2) is 5.78. The summed E-state index contributed by atoms with van der Waals surface area (Å²) in [7, 11) is 3.21. The second-order valence-corrected chi connectivity index (χ2v) is 4.60. The molecule has 1 unspecified atom stereocenters. The number of halogens is 1. The Morgan fingerprint density at radius 2 is 2.06 bits per heavy atom. The summed E-state index contributed by atoms with van der Waals surface area (Å²) in [4.78, 5) is 0. The highest BCUT2D eigenvalue weighted by molar-refractivity contribution is 6.33. The topological polar surface area (TPSA) is 39.7 Å². The average molecular weight is 272 g/mol. The lowest BCUT2D eigenvalue weighted by Crippen LogP contribution is -2.33. The number of nitrogens with one attached hydrogen (secondary N) is 1.